The molecule has 15 heavy (non-hydrogen) atoms. The third-order valence-electron chi connectivity index (χ3n) is 2.57. The Morgan fingerprint density at radius 1 is 1.47 bits per heavy atom. The molecule has 0 saturated heterocycles. The van der Waals surface area contributed by atoms with Gasteiger partial charge in [0, 0.05) is 11.6 Å². The zero-order chi connectivity index (χ0) is 10.7. The summed E-state index contributed by atoms with van der Waals surface area (Å²) in [5, 5.41) is 13.0. The number of phenols is 1. The van der Waals surface area contributed by atoms with Crippen molar-refractivity contribution in [3.8, 4) is 11.5 Å². The van der Waals surface area contributed by atoms with Crippen molar-refractivity contribution in [1.29, 1.82) is 0 Å². The van der Waals surface area contributed by atoms with Crippen molar-refractivity contribution in [2.45, 2.75) is 25.4 Å². The van der Waals surface area contributed by atoms with E-state index >= 15 is 0 Å². The normalized spacial score (nSPS) is 16.5. The number of ether oxygens (including phenoxy) is 1. The first-order valence-corrected chi connectivity index (χ1v) is 5.02. The molecule has 1 fully saturated rings. The van der Waals surface area contributed by atoms with E-state index in [1.54, 1.807) is 12.1 Å². The van der Waals surface area contributed by atoms with Gasteiger partial charge in [0.2, 0.25) is 0 Å². The molecule has 1 saturated carbocycles. The summed E-state index contributed by atoms with van der Waals surface area (Å²) in [6.07, 6.45) is 5.16. The van der Waals surface area contributed by atoms with Gasteiger partial charge in [-0.05, 0) is 31.4 Å². The smallest absolute Gasteiger partial charge is 0.128 e. The molecule has 80 valence electrons. The Bertz CT molecular complexity index is 373. The number of rotatable bonds is 3. The molecule has 0 heterocycles. The first-order chi connectivity index (χ1) is 7.29. The topological polar surface area (TPSA) is 67.8 Å². The minimum atomic E-state index is 0.140. The van der Waals surface area contributed by atoms with E-state index in [1.165, 1.54) is 12.6 Å². The van der Waals surface area contributed by atoms with Crippen LogP contribution in [-0.4, -0.2) is 17.4 Å². The van der Waals surface area contributed by atoms with Crippen molar-refractivity contribution >= 4 is 6.21 Å². The summed E-state index contributed by atoms with van der Waals surface area (Å²) in [7, 11) is 0. The van der Waals surface area contributed by atoms with E-state index in [0.29, 0.717) is 17.4 Å². The molecule has 2 rings (SSSR count). The van der Waals surface area contributed by atoms with Crippen molar-refractivity contribution in [3.63, 3.8) is 0 Å². The average molecular weight is 206 g/mol. The van der Waals surface area contributed by atoms with Gasteiger partial charge >= 0.3 is 0 Å². The molecule has 1 aliphatic rings. The molecule has 1 aromatic carbocycles. The molecule has 0 amide bonds. The number of hydrazone groups is 1. The second kappa shape index (κ2) is 4.21. The summed E-state index contributed by atoms with van der Waals surface area (Å²) in [4.78, 5) is 0. The van der Waals surface area contributed by atoms with Crippen LogP contribution in [0, 0.1) is 0 Å². The van der Waals surface area contributed by atoms with Gasteiger partial charge in [-0.3, -0.25) is 0 Å². The van der Waals surface area contributed by atoms with Gasteiger partial charge in [-0.15, -0.1) is 0 Å². The van der Waals surface area contributed by atoms with Crippen LogP contribution in [0.15, 0.2) is 23.3 Å². The van der Waals surface area contributed by atoms with Crippen molar-refractivity contribution in [3.05, 3.63) is 23.8 Å². The Balaban J connectivity index is 2.09. The molecule has 4 nitrogen and oxygen atoms in total. The molecule has 0 unspecified atom stereocenters. The molecule has 0 aliphatic heterocycles. The zero-order valence-corrected chi connectivity index (χ0v) is 8.39. The molecule has 0 bridgehead atoms. The second-order valence-electron chi connectivity index (χ2n) is 3.67. The van der Waals surface area contributed by atoms with E-state index in [4.69, 9.17) is 10.6 Å². The lowest BCUT2D eigenvalue weighted by Gasteiger charge is -2.26. The summed E-state index contributed by atoms with van der Waals surface area (Å²) in [6.45, 7) is 0. The minimum Gasteiger partial charge on any atom is -0.507 e. The van der Waals surface area contributed by atoms with Gasteiger partial charge in [-0.1, -0.05) is 0 Å². The van der Waals surface area contributed by atoms with Crippen LogP contribution in [0.25, 0.3) is 0 Å². The van der Waals surface area contributed by atoms with Crippen LogP contribution in [0.2, 0.25) is 0 Å². The highest BCUT2D eigenvalue weighted by atomic mass is 16.5. The highest BCUT2D eigenvalue weighted by Gasteiger charge is 2.19. The first kappa shape index (κ1) is 9.83. The fraction of sp³-hybridized carbons (Fsp3) is 0.364. The Morgan fingerprint density at radius 2 is 2.27 bits per heavy atom. The molecular formula is C11H14N2O2. The number of nitrogens with zero attached hydrogens (tertiary/aromatic N) is 1. The van der Waals surface area contributed by atoms with E-state index in [9.17, 15) is 5.11 Å². The van der Waals surface area contributed by atoms with Crippen molar-refractivity contribution < 1.29 is 9.84 Å². The fourth-order valence-corrected chi connectivity index (χ4v) is 1.47. The maximum absolute atomic E-state index is 9.60. The van der Waals surface area contributed by atoms with E-state index < -0.39 is 0 Å². The highest BCUT2D eigenvalue weighted by Crippen LogP contribution is 2.28. The van der Waals surface area contributed by atoms with Gasteiger partial charge in [0.15, 0.2) is 0 Å². The van der Waals surface area contributed by atoms with Crippen LogP contribution in [0.1, 0.15) is 24.8 Å². The maximum Gasteiger partial charge on any atom is 0.128 e. The molecule has 3 N–H and O–H groups in total. The van der Waals surface area contributed by atoms with Crippen LogP contribution in [0.5, 0.6) is 11.5 Å². The summed E-state index contributed by atoms with van der Waals surface area (Å²) in [5.41, 5.74) is 0.596. The third kappa shape index (κ3) is 2.21. The number of aromatic hydroxyl groups is 1. The van der Waals surface area contributed by atoms with Gasteiger partial charge in [-0.25, -0.2) is 0 Å². The number of phenolic OH excluding ortho intramolecular Hbond substituents is 1. The van der Waals surface area contributed by atoms with E-state index in [-0.39, 0.29) is 5.75 Å². The van der Waals surface area contributed by atoms with Gasteiger partial charge in [0.05, 0.1) is 12.3 Å². The van der Waals surface area contributed by atoms with Crippen LogP contribution in [0.3, 0.4) is 0 Å². The number of nitrogens with two attached hydrogens (primary N) is 1. The predicted octanol–water partition coefficient (Wildman–Crippen LogP) is 1.62. The highest BCUT2D eigenvalue weighted by molar-refractivity contribution is 5.83. The monoisotopic (exact) mass is 206 g/mol. The standard InChI is InChI=1S/C11H14N2O2/c12-13-7-8-4-5-10(6-11(8)14)15-9-2-1-3-9/h4-7,9,14H,1-3,12H2. The summed E-state index contributed by atoms with van der Waals surface area (Å²) >= 11 is 0. The van der Waals surface area contributed by atoms with Gasteiger partial charge in [0.1, 0.15) is 11.5 Å². The van der Waals surface area contributed by atoms with Gasteiger partial charge < -0.3 is 15.7 Å². The van der Waals surface area contributed by atoms with Crippen LogP contribution >= 0.6 is 0 Å². The second-order valence-corrected chi connectivity index (χ2v) is 3.67. The number of hydrogen-bond acceptors (Lipinski definition) is 4. The van der Waals surface area contributed by atoms with Crippen molar-refractivity contribution in [1.82, 2.24) is 0 Å². The minimum absolute atomic E-state index is 0.140. The van der Waals surface area contributed by atoms with Crippen LogP contribution in [0.4, 0.5) is 0 Å². The Labute approximate surface area is 88.4 Å². The Kier molecular flexibility index (Phi) is 2.76. The molecule has 1 aromatic rings. The molecule has 0 atom stereocenters. The summed E-state index contributed by atoms with van der Waals surface area (Å²) in [6, 6.07) is 5.14. The molecule has 0 radical (unpaired) electrons. The third-order valence-corrected chi connectivity index (χ3v) is 2.57. The molecule has 4 heteroatoms. The first-order valence-electron chi connectivity index (χ1n) is 5.02. The molecule has 0 aromatic heterocycles. The quantitative estimate of drug-likeness (QED) is 0.448. The summed E-state index contributed by atoms with van der Waals surface area (Å²) < 4.78 is 5.63. The van der Waals surface area contributed by atoms with Crippen LogP contribution < -0.4 is 10.6 Å². The Morgan fingerprint density at radius 3 is 2.80 bits per heavy atom. The average Bonchev–Trinajstić information content (AvgIpc) is 2.16. The lowest BCUT2D eigenvalue weighted by Crippen LogP contribution is -2.24. The van der Waals surface area contributed by atoms with Crippen molar-refractivity contribution in [2.75, 3.05) is 0 Å². The fourth-order valence-electron chi connectivity index (χ4n) is 1.47. The van der Waals surface area contributed by atoms with Crippen molar-refractivity contribution in [2.24, 2.45) is 10.9 Å². The lowest BCUT2D eigenvalue weighted by atomic mass is 9.96. The number of benzene rings is 1. The van der Waals surface area contributed by atoms with E-state index in [2.05, 4.69) is 5.10 Å². The maximum atomic E-state index is 9.60. The van der Waals surface area contributed by atoms with Gasteiger partial charge in [0.25, 0.3) is 0 Å². The predicted molar refractivity (Wildman–Crippen MR) is 58.2 cm³/mol. The lowest BCUT2D eigenvalue weighted by molar-refractivity contribution is 0.120. The van der Waals surface area contributed by atoms with Crippen LogP contribution in [-0.2, 0) is 0 Å². The number of hydrogen-bond donors (Lipinski definition) is 2. The van der Waals surface area contributed by atoms with Gasteiger partial charge in [-0.2, -0.15) is 5.10 Å². The largest absolute Gasteiger partial charge is 0.507 e. The molecule has 1 aliphatic carbocycles. The molecule has 0 spiro atoms. The van der Waals surface area contributed by atoms with E-state index in [1.807, 2.05) is 6.07 Å². The molecular weight excluding hydrogens is 192 g/mol. The zero-order valence-electron chi connectivity index (χ0n) is 8.39. The summed E-state index contributed by atoms with van der Waals surface area (Å²) in [5.74, 6) is 5.85. The Hall–Kier alpha value is -1.71. The van der Waals surface area contributed by atoms with E-state index in [0.717, 1.165) is 12.8 Å². The SMILES string of the molecule is NN=Cc1ccc(OC2CCC2)cc1O.